The second-order valence-electron chi connectivity index (χ2n) is 6.80. The van der Waals surface area contributed by atoms with Gasteiger partial charge in [0.15, 0.2) is 10.7 Å². The van der Waals surface area contributed by atoms with Gasteiger partial charge in [-0.05, 0) is 35.9 Å². The molecule has 1 N–H and O–H groups in total. The van der Waals surface area contributed by atoms with Crippen molar-refractivity contribution in [2.45, 2.75) is 37.8 Å². The standard InChI is InChI=1S/C21H21BrN2O2S/c1-3-20(14-8-6-5-7-9-14)13-21(18(25)23-19(24-21)27-4-2)16-12-15(22)10-11-17(16)26-20/h5-12H,3-4,13H2,1-2H3,(H,23,24,25)/t20-,21?/m1/s1. The second kappa shape index (κ2) is 6.99. The lowest BCUT2D eigenvalue weighted by Crippen LogP contribution is -2.49. The first-order valence-corrected chi connectivity index (χ1v) is 10.9. The summed E-state index contributed by atoms with van der Waals surface area (Å²) in [5, 5.41) is 3.68. The molecule has 2 aromatic carbocycles. The number of ether oxygens (including phenoxy) is 1. The van der Waals surface area contributed by atoms with Crippen LogP contribution in [0.2, 0.25) is 0 Å². The number of amidine groups is 1. The quantitative estimate of drug-likeness (QED) is 0.726. The zero-order chi connectivity index (χ0) is 19.1. The molecule has 27 heavy (non-hydrogen) atoms. The molecule has 6 heteroatoms. The first-order chi connectivity index (χ1) is 13.0. The third-order valence-corrected chi connectivity index (χ3v) is 6.52. The van der Waals surface area contributed by atoms with Crippen LogP contribution in [-0.2, 0) is 15.9 Å². The molecule has 0 radical (unpaired) electrons. The highest BCUT2D eigenvalue weighted by atomic mass is 79.9. The van der Waals surface area contributed by atoms with Gasteiger partial charge in [-0.25, -0.2) is 4.99 Å². The first-order valence-electron chi connectivity index (χ1n) is 9.11. The van der Waals surface area contributed by atoms with Crippen molar-refractivity contribution in [3.05, 3.63) is 64.1 Å². The maximum absolute atomic E-state index is 13.2. The van der Waals surface area contributed by atoms with Crippen LogP contribution in [0.5, 0.6) is 5.75 Å². The van der Waals surface area contributed by atoms with Gasteiger partial charge >= 0.3 is 0 Å². The van der Waals surface area contributed by atoms with E-state index in [9.17, 15) is 4.79 Å². The van der Waals surface area contributed by atoms with Crippen LogP contribution in [0.1, 0.15) is 37.8 Å². The van der Waals surface area contributed by atoms with Crippen LogP contribution in [0.25, 0.3) is 0 Å². The second-order valence-corrected chi connectivity index (χ2v) is 8.97. The molecule has 0 aromatic heterocycles. The van der Waals surface area contributed by atoms with Gasteiger partial charge in [-0.1, -0.05) is 71.9 Å². The maximum atomic E-state index is 13.2. The molecule has 0 aliphatic carbocycles. The molecular weight excluding hydrogens is 424 g/mol. The van der Waals surface area contributed by atoms with Gasteiger partial charge in [-0.2, -0.15) is 0 Å². The molecule has 4 rings (SSSR count). The average molecular weight is 445 g/mol. The van der Waals surface area contributed by atoms with E-state index in [2.05, 4.69) is 47.2 Å². The molecule has 2 atom stereocenters. The van der Waals surface area contributed by atoms with Crippen LogP contribution in [0, 0.1) is 0 Å². The van der Waals surface area contributed by atoms with E-state index in [0.29, 0.717) is 11.6 Å². The van der Waals surface area contributed by atoms with Crippen LogP contribution in [0.4, 0.5) is 0 Å². The Bertz CT molecular complexity index is 918. The average Bonchev–Trinajstić information content (AvgIpc) is 2.98. The monoisotopic (exact) mass is 444 g/mol. The molecule has 1 spiro atoms. The van der Waals surface area contributed by atoms with Gasteiger partial charge < -0.3 is 10.1 Å². The van der Waals surface area contributed by atoms with Crippen LogP contribution < -0.4 is 10.1 Å². The first kappa shape index (κ1) is 18.6. The summed E-state index contributed by atoms with van der Waals surface area (Å²) in [5.41, 5.74) is 0.316. The number of benzene rings is 2. The summed E-state index contributed by atoms with van der Waals surface area (Å²) in [4.78, 5) is 18.2. The zero-order valence-electron chi connectivity index (χ0n) is 15.3. The fraction of sp³-hybridized carbons (Fsp3) is 0.333. The fourth-order valence-corrected chi connectivity index (χ4v) is 4.95. The molecule has 0 fully saturated rings. The lowest BCUT2D eigenvalue weighted by molar-refractivity contribution is -0.128. The minimum absolute atomic E-state index is 0.0742. The lowest BCUT2D eigenvalue weighted by atomic mass is 9.72. The Hall–Kier alpha value is -1.79. The molecule has 0 saturated heterocycles. The van der Waals surface area contributed by atoms with Crippen molar-refractivity contribution in [3.63, 3.8) is 0 Å². The van der Waals surface area contributed by atoms with E-state index in [1.54, 1.807) is 11.8 Å². The van der Waals surface area contributed by atoms with Crippen LogP contribution in [0.3, 0.4) is 0 Å². The highest BCUT2D eigenvalue weighted by Gasteiger charge is 2.56. The van der Waals surface area contributed by atoms with Gasteiger partial charge in [0.05, 0.1) is 0 Å². The Balaban J connectivity index is 1.93. The molecule has 2 aromatic rings. The van der Waals surface area contributed by atoms with E-state index in [4.69, 9.17) is 9.73 Å². The van der Waals surface area contributed by atoms with E-state index in [0.717, 1.165) is 33.5 Å². The number of carbonyl (C=O) groups excluding carboxylic acids is 1. The molecule has 2 aliphatic rings. The predicted molar refractivity (Wildman–Crippen MR) is 113 cm³/mol. The van der Waals surface area contributed by atoms with Gasteiger partial charge in [0.2, 0.25) is 0 Å². The zero-order valence-corrected chi connectivity index (χ0v) is 17.7. The minimum Gasteiger partial charge on any atom is -0.482 e. The van der Waals surface area contributed by atoms with E-state index in [1.165, 1.54) is 0 Å². The van der Waals surface area contributed by atoms with Crippen LogP contribution in [0.15, 0.2) is 58.0 Å². The molecule has 0 bridgehead atoms. The Morgan fingerprint density at radius 2 is 2.00 bits per heavy atom. The van der Waals surface area contributed by atoms with Crippen molar-refractivity contribution in [2.75, 3.05) is 5.75 Å². The number of nitrogens with zero attached hydrogens (tertiary/aromatic N) is 1. The normalized spacial score (nSPS) is 26.3. The minimum atomic E-state index is -0.972. The predicted octanol–water partition coefficient (Wildman–Crippen LogP) is 4.97. The van der Waals surface area contributed by atoms with Crippen LogP contribution >= 0.6 is 27.7 Å². The highest BCUT2D eigenvalue weighted by Crippen LogP contribution is 2.53. The summed E-state index contributed by atoms with van der Waals surface area (Å²) >= 11 is 5.09. The number of hydrogen-bond acceptors (Lipinski definition) is 4. The molecule has 2 heterocycles. The van der Waals surface area contributed by atoms with Crippen molar-refractivity contribution in [1.82, 2.24) is 5.32 Å². The maximum Gasteiger partial charge on any atom is 0.258 e. The Morgan fingerprint density at radius 3 is 2.70 bits per heavy atom. The summed E-state index contributed by atoms with van der Waals surface area (Å²) in [6.45, 7) is 4.15. The summed E-state index contributed by atoms with van der Waals surface area (Å²) in [7, 11) is 0. The van der Waals surface area contributed by atoms with Gasteiger partial charge in [-0.15, -0.1) is 0 Å². The highest BCUT2D eigenvalue weighted by molar-refractivity contribution is 9.10. The van der Waals surface area contributed by atoms with Crippen LogP contribution in [-0.4, -0.2) is 16.8 Å². The molecule has 1 amide bonds. The number of carbonyl (C=O) groups is 1. The summed E-state index contributed by atoms with van der Waals surface area (Å²) in [6.07, 6.45) is 1.22. The number of aliphatic imine (C=N–C) groups is 1. The van der Waals surface area contributed by atoms with E-state index >= 15 is 0 Å². The summed E-state index contributed by atoms with van der Waals surface area (Å²) in [5.74, 6) is 1.50. The van der Waals surface area contributed by atoms with Crippen molar-refractivity contribution in [1.29, 1.82) is 0 Å². The molecule has 1 unspecified atom stereocenters. The van der Waals surface area contributed by atoms with Crippen molar-refractivity contribution >= 4 is 38.8 Å². The summed E-state index contributed by atoms with van der Waals surface area (Å²) < 4.78 is 7.47. The lowest BCUT2D eigenvalue weighted by Gasteiger charge is -2.44. The SMILES string of the molecule is CCSC1=NC2(C[C@](CC)(c3ccccc3)Oc3ccc(Br)cc32)C(=O)N1. The smallest absolute Gasteiger partial charge is 0.258 e. The topological polar surface area (TPSA) is 50.7 Å². The summed E-state index contributed by atoms with van der Waals surface area (Å²) in [6, 6.07) is 16.0. The number of thioether (sulfide) groups is 1. The fourth-order valence-electron chi connectivity index (χ4n) is 3.93. The van der Waals surface area contributed by atoms with Crippen molar-refractivity contribution < 1.29 is 9.53 Å². The number of fused-ring (bicyclic) bond motifs is 2. The third-order valence-electron chi connectivity index (χ3n) is 5.27. The van der Waals surface area contributed by atoms with E-state index in [1.807, 2.05) is 36.4 Å². The molecular formula is C21H21BrN2O2S. The molecule has 4 nitrogen and oxygen atoms in total. The van der Waals surface area contributed by atoms with E-state index < -0.39 is 11.1 Å². The number of amides is 1. The Labute approximate surface area is 171 Å². The number of halogens is 1. The number of hydrogen-bond donors (Lipinski definition) is 1. The van der Waals surface area contributed by atoms with Gasteiger partial charge in [0.1, 0.15) is 11.4 Å². The van der Waals surface area contributed by atoms with Crippen molar-refractivity contribution in [3.8, 4) is 5.75 Å². The third kappa shape index (κ3) is 2.99. The van der Waals surface area contributed by atoms with Gasteiger partial charge in [0, 0.05) is 16.5 Å². The Morgan fingerprint density at radius 1 is 1.22 bits per heavy atom. The van der Waals surface area contributed by atoms with Crippen molar-refractivity contribution in [2.24, 2.45) is 4.99 Å². The molecule has 0 saturated carbocycles. The molecule has 140 valence electrons. The Kier molecular flexibility index (Phi) is 4.80. The van der Waals surface area contributed by atoms with E-state index in [-0.39, 0.29) is 5.91 Å². The number of nitrogens with one attached hydrogen (secondary N) is 1. The van der Waals surface area contributed by atoms with Gasteiger partial charge in [0.25, 0.3) is 5.91 Å². The van der Waals surface area contributed by atoms with Gasteiger partial charge in [-0.3, -0.25) is 4.79 Å². The molecule has 2 aliphatic heterocycles. The largest absolute Gasteiger partial charge is 0.482 e. The number of rotatable bonds is 3.